The molecule has 0 saturated heterocycles. The van der Waals surface area contributed by atoms with Gasteiger partial charge in [0.2, 0.25) is 0 Å². The molecule has 0 aliphatic heterocycles. The van der Waals surface area contributed by atoms with Gasteiger partial charge >= 0.3 is 11.9 Å². The maximum Gasteiger partial charge on any atom is 0.353 e. The molecule has 15 heavy (non-hydrogen) atoms. The zero-order valence-corrected chi connectivity index (χ0v) is 8.31. The van der Waals surface area contributed by atoms with Gasteiger partial charge in [0, 0.05) is 0 Å². The number of carbonyl (C=O) groups excluding carboxylic acids is 2. The highest BCUT2D eigenvalue weighted by Crippen LogP contribution is 1.98. The molecule has 0 aliphatic carbocycles. The van der Waals surface area contributed by atoms with Crippen LogP contribution in [-0.2, 0) is 9.53 Å². The number of methoxy groups -OCH3 is 1. The molecule has 0 spiro atoms. The fourth-order valence-corrected chi connectivity index (χ4v) is 0.791. The predicted octanol–water partition coefficient (Wildman–Crippen LogP) is 0.558. The van der Waals surface area contributed by atoms with Crippen LogP contribution in [0.2, 0.25) is 0 Å². The Morgan fingerprint density at radius 2 is 2.27 bits per heavy atom. The average molecular weight is 210 g/mol. The number of nitrogens with zero attached hydrogens (tertiary/aromatic N) is 1. The molecule has 80 valence electrons. The first kappa shape index (κ1) is 11.0. The van der Waals surface area contributed by atoms with Gasteiger partial charge < -0.3 is 9.15 Å². The van der Waals surface area contributed by atoms with Gasteiger partial charge in [0.05, 0.1) is 13.4 Å². The number of esters is 1. The third-order valence-corrected chi connectivity index (χ3v) is 1.55. The fraction of sp³-hybridized carbons (Fsp3) is 0.222. The second-order valence-electron chi connectivity index (χ2n) is 2.61. The van der Waals surface area contributed by atoms with Crippen molar-refractivity contribution in [2.24, 2.45) is 5.10 Å². The van der Waals surface area contributed by atoms with Crippen molar-refractivity contribution >= 4 is 17.6 Å². The van der Waals surface area contributed by atoms with Gasteiger partial charge in [-0.2, -0.15) is 5.10 Å². The van der Waals surface area contributed by atoms with E-state index in [1.54, 1.807) is 6.07 Å². The first-order chi connectivity index (χ1) is 7.15. The molecular weight excluding hydrogens is 200 g/mol. The summed E-state index contributed by atoms with van der Waals surface area (Å²) < 4.78 is 9.21. The van der Waals surface area contributed by atoms with Gasteiger partial charge in [-0.3, -0.25) is 4.79 Å². The Balaban J connectivity index is 2.57. The van der Waals surface area contributed by atoms with Crippen molar-refractivity contribution in [2.75, 3.05) is 7.11 Å². The van der Waals surface area contributed by atoms with Crippen molar-refractivity contribution in [2.45, 2.75) is 6.92 Å². The molecule has 1 N–H and O–H groups in total. The second-order valence-corrected chi connectivity index (χ2v) is 2.61. The van der Waals surface area contributed by atoms with Gasteiger partial charge in [-0.15, -0.1) is 0 Å². The molecule has 0 atom stereocenters. The number of hydrogen-bond acceptors (Lipinski definition) is 5. The highest BCUT2D eigenvalue weighted by Gasteiger charge is 2.09. The van der Waals surface area contributed by atoms with Crippen molar-refractivity contribution in [1.29, 1.82) is 0 Å². The molecule has 0 unspecified atom stereocenters. The van der Waals surface area contributed by atoms with Crippen molar-refractivity contribution < 1.29 is 18.7 Å². The molecule has 1 aromatic heterocycles. The largest absolute Gasteiger partial charge is 0.464 e. The quantitative estimate of drug-likeness (QED) is 0.449. The molecule has 1 rings (SSSR count). The SMILES string of the molecule is COC(=O)/C(C)=N/NC(=O)c1ccco1. The Morgan fingerprint density at radius 1 is 1.53 bits per heavy atom. The molecule has 1 aromatic rings. The first-order valence-electron chi connectivity index (χ1n) is 4.11. The van der Waals surface area contributed by atoms with Crippen LogP contribution in [0.1, 0.15) is 17.5 Å². The Labute approximate surface area is 85.9 Å². The Morgan fingerprint density at radius 3 is 2.80 bits per heavy atom. The lowest BCUT2D eigenvalue weighted by atomic mass is 10.4. The van der Waals surface area contributed by atoms with E-state index in [-0.39, 0.29) is 11.5 Å². The van der Waals surface area contributed by atoms with Crippen LogP contribution in [0.5, 0.6) is 0 Å². The van der Waals surface area contributed by atoms with Gasteiger partial charge in [-0.1, -0.05) is 0 Å². The number of nitrogens with one attached hydrogen (secondary N) is 1. The normalized spacial score (nSPS) is 10.9. The van der Waals surface area contributed by atoms with E-state index in [0.29, 0.717) is 0 Å². The zero-order chi connectivity index (χ0) is 11.3. The van der Waals surface area contributed by atoms with Crippen LogP contribution in [0.15, 0.2) is 27.9 Å². The molecule has 0 aromatic carbocycles. The van der Waals surface area contributed by atoms with E-state index in [1.807, 2.05) is 0 Å². The number of hydrogen-bond donors (Lipinski definition) is 1. The minimum absolute atomic E-state index is 0.0532. The minimum Gasteiger partial charge on any atom is -0.464 e. The summed E-state index contributed by atoms with van der Waals surface area (Å²) >= 11 is 0. The van der Waals surface area contributed by atoms with E-state index >= 15 is 0 Å². The van der Waals surface area contributed by atoms with Crippen LogP contribution in [0.3, 0.4) is 0 Å². The Hall–Kier alpha value is -2.11. The lowest BCUT2D eigenvalue weighted by Gasteiger charge is -1.98. The average Bonchev–Trinajstić information content (AvgIpc) is 2.77. The highest BCUT2D eigenvalue weighted by molar-refractivity contribution is 6.35. The lowest BCUT2D eigenvalue weighted by molar-refractivity contribution is -0.132. The maximum atomic E-state index is 11.3. The molecule has 0 bridgehead atoms. The smallest absolute Gasteiger partial charge is 0.353 e. The van der Waals surface area contributed by atoms with E-state index in [9.17, 15) is 9.59 Å². The van der Waals surface area contributed by atoms with Crippen LogP contribution in [0.4, 0.5) is 0 Å². The van der Waals surface area contributed by atoms with Gasteiger partial charge in [0.25, 0.3) is 0 Å². The molecule has 0 radical (unpaired) electrons. The molecule has 1 amide bonds. The lowest BCUT2D eigenvalue weighted by Crippen LogP contribution is -2.22. The van der Waals surface area contributed by atoms with Crippen LogP contribution in [-0.4, -0.2) is 24.7 Å². The molecular formula is C9H10N2O4. The summed E-state index contributed by atoms with van der Waals surface area (Å²) in [5.74, 6) is -1.01. The summed E-state index contributed by atoms with van der Waals surface area (Å²) in [6.45, 7) is 1.42. The van der Waals surface area contributed by atoms with Crippen LogP contribution < -0.4 is 5.43 Å². The van der Waals surface area contributed by atoms with Crippen LogP contribution in [0, 0.1) is 0 Å². The summed E-state index contributed by atoms with van der Waals surface area (Å²) in [5, 5.41) is 3.53. The number of carbonyl (C=O) groups is 2. The molecule has 0 fully saturated rings. The van der Waals surface area contributed by atoms with Gasteiger partial charge in [-0.05, 0) is 19.1 Å². The van der Waals surface area contributed by atoms with Gasteiger partial charge in [0.15, 0.2) is 5.76 Å². The number of amides is 1. The maximum absolute atomic E-state index is 11.3. The number of hydrazone groups is 1. The van der Waals surface area contributed by atoms with Crippen LogP contribution in [0.25, 0.3) is 0 Å². The molecule has 1 heterocycles. The number of furan rings is 1. The summed E-state index contributed by atoms with van der Waals surface area (Å²) in [7, 11) is 1.23. The highest BCUT2D eigenvalue weighted by atomic mass is 16.5. The van der Waals surface area contributed by atoms with Crippen molar-refractivity contribution in [3.05, 3.63) is 24.2 Å². The number of ether oxygens (including phenoxy) is 1. The zero-order valence-electron chi connectivity index (χ0n) is 8.31. The third kappa shape index (κ3) is 2.94. The van der Waals surface area contributed by atoms with Gasteiger partial charge in [0.1, 0.15) is 5.71 Å². The minimum atomic E-state index is -0.602. The van der Waals surface area contributed by atoms with Crippen molar-refractivity contribution in [3.63, 3.8) is 0 Å². The van der Waals surface area contributed by atoms with E-state index in [4.69, 9.17) is 4.42 Å². The second kappa shape index (κ2) is 4.94. The van der Waals surface area contributed by atoms with E-state index in [1.165, 1.54) is 26.4 Å². The molecule has 6 nitrogen and oxygen atoms in total. The summed E-state index contributed by atoms with van der Waals surface area (Å²) in [5.41, 5.74) is 2.21. The van der Waals surface area contributed by atoms with Crippen LogP contribution >= 0.6 is 0 Å². The Bertz CT molecular complexity index is 381. The topological polar surface area (TPSA) is 80.9 Å². The van der Waals surface area contributed by atoms with Crippen molar-refractivity contribution in [3.8, 4) is 0 Å². The van der Waals surface area contributed by atoms with E-state index in [0.717, 1.165) is 0 Å². The molecule has 0 aliphatic rings. The van der Waals surface area contributed by atoms with E-state index in [2.05, 4.69) is 15.3 Å². The summed E-state index contributed by atoms with van der Waals surface area (Å²) in [6.07, 6.45) is 1.37. The summed E-state index contributed by atoms with van der Waals surface area (Å²) in [6, 6.07) is 3.06. The molecule has 6 heteroatoms. The summed E-state index contributed by atoms with van der Waals surface area (Å²) in [4.78, 5) is 22.1. The Kier molecular flexibility index (Phi) is 3.61. The predicted molar refractivity (Wildman–Crippen MR) is 51.3 cm³/mol. The van der Waals surface area contributed by atoms with Crippen molar-refractivity contribution in [1.82, 2.24) is 5.43 Å². The molecule has 0 saturated carbocycles. The monoisotopic (exact) mass is 210 g/mol. The third-order valence-electron chi connectivity index (χ3n) is 1.55. The fourth-order valence-electron chi connectivity index (χ4n) is 0.791. The number of rotatable bonds is 3. The van der Waals surface area contributed by atoms with Gasteiger partial charge in [-0.25, -0.2) is 10.2 Å². The van der Waals surface area contributed by atoms with E-state index < -0.39 is 11.9 Å². The standard InChI is InChI=1S/C9H10N2O4/c1-6(9(13)14-2)10-11-8(12)7-4-3-5-15-7/h3-5H,1-2H3,(H,11,12)/b10-6+. The first-order valence-corrected chi connectivity index (χ1v) is 4.11.